The van der Waals surface area contributed by atoms with Crippen LogP contribution in [0.15, 0.2) is 6.33 Å². The molecule has 20 heavy (non-hydrogen) atoms. The first-order valence-corrected chi connectivity index (χ1v) is 7.15. The molecule has 1 atom stereocenters. The van der Waals surface area contributed by atoms with Crippen molar-refractivity contribution in [2.75, 3.05) is 53.4 Å². The number of aliphatic hydroxyl groups is 1. The van der Waals surface area contributed by atoms with Crippen LogP contribution < -0.4 is 0 Å². The molecule has 7 heteroatoms. The van der Waals surface area contributed by atoms with Gasteiger partial charge in [-0.15, -0.1) is 10.2 Å². The normalized spacial score (nSPS) is 19.6. The molecule has 1 aromatic heterocycles. The molecule has 0 saturated carbocycles. The smallest absolute Gasteiger partial charge is 0.146 e. The van der Waals surface area contributed by atoms with Crippen LogP contribution in [0.4, 0.5) is 0 Å². The van der Waals surface area contributed by atoms with Gasteiger partial charge in [0, 0.05) is 46.3 Å². The summed E-state index contributed by atoms with van der Waals surface area (Å²) >= 11 is 0. The Labute approximate surface area is 120 Å². The molecule has 0 amide bonds. The number of aromatic nitrogens is 3. The predicted molar refractivity (Wildman–Crippen MR) is 77.3 cm³/mol. The van der Waals surface area contributed by atoms with E-state index in [4.69, 9.17) is 0 Å². The Morgan fingerprint density at radius 3 is 2.60 bits per heavy atom. The SMILES string of the molecule is CN1CCN(CC(O)CN(C)Cc2nncn2C)CC1. The van der Waals surface area contributed by atoms with Gasteiger partial charge in [-0.2, -0.15) is 0 Å². The van der Waals surface area contributed by atoms with Gasteiger partial charge in [0.05, 0.1) is 12.6 Å². The molecule has 1 aromatic rings. The van der Waals surface area contributed by atoms with Gasteiger partial charge in [0.15, 0.2) is 0 Å². The average Bonchev–Trinajstić information content (AvgIpc) is 2.77. The predicted octanol–water partition coefficient (Wildman–Crippen LogP) is -1.14. The van der Waals surface area contributed by atoms with Crippen molar-refractivity contribution in [3.05, 3.63) is 12.2 Å². The second-order valence-electron chi connectivity index (χ2n) is 5.81. The van der Waals surface area contributed by atoms with Gasteiger partial charge in [0.2, 0.25) is 0 Å². The van der Waals surface area contributed by atoms with Crippen LogP contribution in [0.1, 0.15) is 5.82 Å². The molecule has 0 aliphatic carbocycles. The summed E-state index contributed by atoms with van der Waals surface area (Å²) in [5.74, 6) is 0.916. The van der Waals surface area contributed by atoms with Crippen LogP contribution >= 0.6 is 0 Å². The minimum atomic E-state index is -0.323. The first-order valence-electron chi connectivity index (χ1n) is 7.15. The maximum absolute atomic E-state index is 10.2. The molecule has 1 saturated heterocycles. The van der Waals surface area contributed by atoms with E-state index >= 15 is 0 Å². The molecular formula is C13H26N6O. The summed E-state index contributed by atoms with van der Waals surface area (Å²) in [6.07, 6.45) is 1.38. The van der Waals surface area contributed by atoms with Gasteiger partial charge in [-0.25, -0.2) is 0 Å². The highest BCUT2D eigenvalue weighted by atomic mass is 16.3. The van der Waals surface area contributed by atoms with Gasteiger partial charge in [0.25, 0.3) is 0 Å². The molecular weight excluding hydrogens is 256 g/mol. The molecule has 2 heterocycles. The largest absolute Gasteiger partial charge is 0.390 e. The van der Waals surface area contributed by atoms with Crippen molar-refractivity contribution in [1.29, 1.82) is 0 Å². The Balaban J connectivity index is 1.71. The van der Waals surface area contributed by atoms with Crippen molar-refractivity contribution in [2.45, 2.75) is 12.6 Å². The average molecular weight is 282 g/mol. The van der Waals surface area contributed by atoms with E-state index in [2.05, 4.69) is 31.9 Å². The second-order valence-corrected chi connectivity index (χ2v) is 5.81. The van der Waals surface area contributed by atoms with Crippen molar-refractivity contribution in [2.24, 2.45) is 7.05 Å². The fourth-order valence-corrected chi connectivity index (χ4v) is 2.50. The Kier molecular flexibility index (Phi) is 5.47. The van der Waals surface area contributed by atoms with Crippen LogP contribution in [0.2, 0.25) is 0 Å². The number of aliphatic hydroxyl groups excluding tert-OH is 1. The molecule has 114 valence electrons. The second kappa shape index (κ2) is 7.12. The monoisotopic (exact) mass is 282 g/mol. The number of β-amino-alcohol motifs (C(OH)–C–C–N with tert-alkyl or cyclic N) is 1. The van der Waals surface area contributed by atoms with Gasteiger partial charge >= 0.3 is 0 Å². The summed E-state index contributed by atoms with van der Waals surface area (Å²) < 4.78 is 1.91. The zero-order valence-electron chi connectivity index (χ0n) is 12.7. The van der Waals surface area contributed by atoms with Crippen LogP contribution in [0.25, 0.3) is 0 Å². The minimum Gasteiger partial charge on any atom is -0.390 e. The highest BCUT2D eigenvalue weighted by Crippen LogP contribution is 2.03. The number of rotatable bonds is 6. The van der Waals surface area contributed by atoms with Crippen molar-refractivity contribution in [1.82, 2.24) is 29.5 Å². The number of hydrogen-bond acceptors (Lipinski definition) is 6. The molecule has 1 N–H and O–H groups in total. The van der Waals surface area contributed by atoms with Gasteiger partial charge < -0.3 is 14.6 Å². The van der Waals surface area contributed by atoms with Crippen LogP contribution in [0, 0.1) is 0 Å². The van der Waals surface area contributed by atoms with Gasteiger partial charge in [-0.3, -0.25) is 9.80 Å². The molecule has 0 bridgehead atoms. The number of likely N-dealkylation sites (N-methyl/N-ethyl adjacent to an activating group) is 2. The Bertz CT molecular complexity index is 401. The van der Waals surface area contributed by atoms with Gasteiger partial charge in [-0.1, -0.05) is 0 Å². The van der Waals surface area contributed by atoms with E-state index in [-0.39, 0.29) is 6.10 Å². The van der Waals surface area contributed by atoms with E-state index in [9.17, 15) is 5.11 Å². The highest BCUT2D eigenvalue weighted by molar-refractivity contribution is 4.84. The number of nitrogens with zero attached hydrogens (tertiary/aromatic N) is 6. The van der Waals surface area contributed by atoms with Crippen molar-refractivity contribution >= 4 is 0 Å². The lowest BCUT2D eigenvalue weighted by Crippen LogP contribution is -2.48. The molecule has 1 unspecified atom stereocenters. The standard InChI is InChI=1S/C13H26N6O/c1-16-4-6-19(7-5-16)9-12(20)8-17(2)10-13-15-14-11-18(13)3/h11-12,20H,4-10H2,1-3H3. The van der Waals surface area contributed by atoms with Gasteiger partial charge in [-0.05, 0) is 14.1 Å². The lowest BCUT2D eigenvalue weighted by atomic mass is 10.2. The van der Waals surface area contributed by atoms with E-state index in [1.807, 2.05) is 18.7 Å². The summed E-state index contributed by atoms with van der Waals surface area (Å²) in [7, 11) is 6.08. The molecule has 2 rings (SSSR count). The maximum Gasteiger partial charge on any atom is 0.146 e. The summed E-state index contributed by atoms with van der Waals surface area (Å²) in [5, 5.41) is 18.1. The third-order valence-electron chi connectivity index (χ3n) is 3.80. The zero-order valence-corrected chi connectivity index (χ0v) is 12.7. The molecule has 0 radical (unpaired) electrons. The molecule has 7 nitrogen and oxygen atoms in total. The lowest BCUT2D eigenvalue weighted by molar-refractivity contribution is 0.0587. The van der Waals surface area contributed by atoms with Crippen LogP contribution in [-0.4, -0.2) is 94.0 Å². The Morgan fingerprint density at radius 2 is 2.00 bits per heavy atom. The molecule has 1 fully saturated rings. The summed E-state index contributed by atoms with van der Waals surface area (Å²) in [4.78, 5) is 6.74. The fourth-order valence-electron chi connectivity index (χ4n) is 2.50. The topological polar surface area (TPSA) is 60.7 Å². The van der Waals surface area contributed by atoms with Crippen LogP contribution in [0.5, 0.6) is 0 Å². The number of aryl methyl sites for hydroxylation is 1. The lowest BCUT2D eigenvalue weighted by Gasteiger charge is -2.34. The van der Waals surface area contributed by atoms with Gasteiger partial charge in [0.1, 0.15) is 12.2 Å². The summed E-state index contributed by atoms with van der Waals surface area (Å²) in [6.45, 7) is 6.36. The third kappa shape index (κ3) is 4.52. The third-order valence-corrected chi connectivity index (χ3v) is 3.80. The van der Waals surface area contributed by atoms with Crippen LogP contribution in [-0.2, 0) is 13.6 Å². The van der Waals surface area contributed by atoms with Crippen molar-refractivity contribution in [3.63, 3.8) is 0 Å². The molecule has 0 spiro atoms. The molecule has 1 aliphatic heterocycles. The number of piperazine rings is 1. The van der Waals surface area contributed by atoms with E-state index in [1.54, 1.807) is 6.33 Å². The quantitative estimate of drug-likeness (QED) is 0.711. The van der Waals surface area contributed by atoms with E-state index in [0.29, 0.717) is 13.1 Å². The van der Waals surface area contributed by atoms with E-state index in [0.717, 1.165) is 38.5 Å². The Hall–Kier alpha value is -1.02. The maximum atomic E-state index is 10.2. The van der Waals surface area contributed by atoms with E-state index < -0.39 is 0 Å². The van der Waals surface area contributed by atoms with E-state index in [1.165, 1.54) is 0 Å². The van der Waals surface area contributed by atoms with Crippen molar-refractivity contribution < 1.29 is 5.11 Å². The summed E-state index contributed by atoms with van der Waals surface area (Å²) in [6, 6.07) is 0. The molecule has 1 aliphatic rings. The van der Waals surface area contributed by atoms with Crippen LogP contribution in [0.3, 0.4) is 0 Å². The summed E-state index contributed by atoms with van der Waals surface area (Å²) in [5.41, 5.74) is 0. The van der Waals surface area contributed by atoms with Crippen molar-refractivity contribution in [3.8, 4) is 0 Å². The fraction of sp³-hybridized carbons (Fsp3) is 0.846. The number of hydrogen-bond donors (Lipinski definition) is 1. The highest BCUT2D eigenvalue weighted by Gasteiger charge is 2.18. The minimum absolute atomic E-state index is 0.323. The first-order chi connectivity index (χ1) is 9.54. The molecule has 0 aromatic carbocycles. The first kappa shape index (κ1) is 15.4. The zero-order chi connectivity index (χ0) is 14.5. The Morgan fingerprint density at radius 1 is 1.30 bits per heavy atom.